The van der Waals surface area contributed by atoms with Gasteiger partial charge in [-0.25, -0.2) is 0 Å². The summed E-state index contributed by atoms with van der Waals surface area (Å²) in [4.78, 5) is 4.06. The molecule has 1 aliphatic rings. The van der Waals surface area contributed by atoms with E-state index in [-0.39, 0.29) is 0 Å². The quantitative estimate of drug-likeness (QED) is 0.595. The van der Waals surface area contributed by atoms with Gasteiger partial charge in [-0.05, 0) is 27.4 Å². The van der Waals surface area contributed by atoms with Crippen molar-refractivity contribution in [3.63, 3.8) is 0 Å². The summed E-state index contributed by atoms with van der Waals surface area (Å²) in [6, 6.07) is 0.449. The van der Waals surface area contributed by atoms with Crippen LogP contribution in [0.25, 0.3) is 0 Å². The highest BCUT2D eigenvalue weighted by molar-refractivity contribution is 4.87. The maximum absolute atomic E-state index is 9.94. The molecule has 2 atom stereocenters. The molecule has 0 aliphatic carbocycles. The maximum Gasteiger partial charge on any atom is 0.174 e. The van der Waals surface area contributed by atoms with E-state index in [0.29, 0.717) is 6.04 Å². The molecular formula is C8H18N2O. The second kappa shape index (κ2) is 2.73. The van der Waals surface area contributed by atoms with Gasteiger partial charge in [-0.15, -0.1) is 0 Å². The highest BCUT2D eigenvalue weighted by Gasteiger charge is 2.42. The lowest BCUT2D eigenvalue weighted by Gasteiger charge is -2.33. The van der Waals surface area contributed by atoms with E-state index in [4.69, 9.17) is 0 Å². The third-order valence-corrected chi connectivity index (χ3v) is 2.79. The third kappa shape index (κ3) is 1.28. The highest BCUT2D eigenvalue weighted by Crippen LogP contribution is 2.25. The fourth-order valence-corrected chi connectivity index (χ4v) is 1.68. The van der Waals surface area contributed by atoms with Crippen molar-refractivity contribution in [2.24, 2.45) is 0 Å². The Kier molecular flexibility index (Phi) is 2.23. The molecule has 66 valence electrons. The van der Waals surface area contributed by atoms with Crippen molar-refractivity contribution in [2.45, 2.75) is 32.7 Å². The Morgan fingerprint density at radius 3 is 2.36 bits per heavy atom. The molecule has 0 aromatic carbocycles. The second-order valence-corrected chi connectivity index (χ2v) is 3.47. The zero-order valence-electron chi connectivity index (χ0n) is 7.83. The van der Waals surface area contributed by atoms with E-state index < -0.39 is 5.85 Å². The van der Waals surface area contributed by atoms with Crippen LogP contribution in [0.4, 0.5) is 0 Å². The first-order valence-electron chi connectivity index (χ1n) is 4.20. The Bertz CT molecular complexity index is 147. The molecule has 0 aromatic rings. The van der Waals surface area contributed by atoms with E-state index in [0.717, 1.165) is 13.1 Å². The van der Waals surface area contributed by atoms with Crippen molar-refractivity contribution in [3.8, 4) is 0 Å². The Labute approximate surface area is 68.6 Å². The van der Waals surface area contributed by atoms with E-state index in [9.17, 15) is 5.11 Å². The number of rotatable bonds is 1. The van der Waals surface area contributed by atoms with Crippen LogP contribution in [0.3, 0.4) is 0 Å². The Balaban J connectivity index is 2.74. The number of hydrogen-bond acceptors (Lipinski definition) is 3. The fraction of sp³-hybridized carbons (Fsp3) is 1.00. The van der Waals surface area contributed by atoms with Crippen LogP contribution in [0.5, 0.6) is 0 Å². The molecule has 1 N–H and O–H groups in total. The van der Waals surface area contributed by atoms with E-state index >= 15 is 0 Å². The van der Waals surface area contributed by atoms with Gasteiger partial charge in [-0.1, -0.05) is 6.92 Å². The fourth-order valence-electron chi connectivity index (χ4n) is 1.68. The van der Waals surface area contributed by atoms with E-state index in [1.807, 2.05) is 18.9 Å². The average Bonchev–Trinajstić information content (AvgIpc) is 2.13. The number of likely N-dealkylation sites (N-methyl/N-ethyl adjacent to an activating group) is 2. The molecule has 1 aliphatic heterocycles. The first kappa shape index (κ1) is 8.97. The Hall–Kier alpha value is -0.120. The van der Waals surface area contributed by atoms with Crippen LogP contribution in [-0.2, 0) is 0 Å². The van der Waals surface area contributed by atoms with E-state index in [2.05, 4.69) is 18.7 Å². The molecule has 2 unspecified atom stereocenters. The summed E-state index contributed by atoms with van der Waals surface area (Å²) in [5, 5.41) is 9.94. The lowest BCUT2D eigenvalue weighted by atomic mass is 10.3. The summed E-state index contributed by atoms with van der Waals surface area (Å²) < 4.78 is 0. The average molecular weight is 158 g/mol. The summed E-state index contributed by atoms with van der Waals surface area (Å²) in [6.07, 6.45) is 0. The summed E-state index contributed by atoms with van der Waals surface area (Å²) >= 11 is 0. The molecule has 0 amide bonds. The van der Waals surface area contributed by atoms with E-state index in [1.165, 1.54) is 0 Å². The van der Waals surface area contributed by atoms with Crippen LogP contribution in [-0.4, -0.2) is 46.9 Å². The van der Waals surface area contributed by atoms with Gasteiger partial charge in [-0.3, -0.25) is 9.80 Å². The lowest BCUT2D eigenvalue weighted by Crippen LogP contribution is -2.49. The highest BCUT2D eigenvalue weighted by atomic mass is 16.3. The van der Waals surface area contributed by atoms with Gasteiger partial charge in [0.2, 0.25) is 0 Å². The van der Waals surface area contributed by atoms with Crippen molar-refractivity contribution in [3.05, 3.63) is 0 Å². The molecule has 0 spiro atoms. The van der Waals surface area contributed by atoms with Crippen LogP contribution in [0.15, 0.2) is 0 Å². The van der Waals surface area contributed by atoms with Crippen LogP contribution < -0.4 is 0 Å². The van der Waals surface area contributed by atoms with Crippen molar-refractivity contribution in [1.29, 1.82) is 0 Å². The zero-order valence-corrected chi connectivity index (χ0v) is 7.83. The topological polar surface area (TPSA) is 26.7 Å². The summed E-state index contributed by atoms with van der Waals surface area (Å²) in [5.74, 6) is -0.742. The molecule has 0 radical (unpaired) electrons. The molecule has 3 nitrogen and oxygen atoms in total. The van der Waals surface area contributed by atoms with Crippen LogP contribution >= 0.6 is 0 Å². The molecule has 0 saturated carbocycles. The van der Waals surface area contributed by atoms with Crippen molar-refractivity contribution < 1.29 is 5.11 Å². The molecule has 1 rings (SSSR count). The van der Waals surface area contributed by atoms with Crippen molar-refractivity contribution in [2.75, 3.05) is 20.1 Å². The minimum absolute atomic E-state index is 0.449. The smallest absolute Gasteiger partial charge is 0.174 e. The van der Waals surface area contributed by atoms with Gasteiger partial charge < -0.3 is 5.11 Å². The Morgan fingerprint density at radius 2 is 2.18 bits per heavy atom. The van der Waals surface area contributed by atoms with Gasteiger partial charge >= 0.3 is 0 Å². The standard InChI is InChI=1S/C8H18N2O/c1-5-10-6-7(2)9(4)8(10,3)11/h7,11H,5-6H2,1-4H3. The second-order valence-electron chi connectivity index (χ2n) is 3.47. The number of nitrogens with zero attached hydrogens (tertiary/aromatic N) is 2. The number of aliphatic hydroxyl groups is 1. The molecule has 1 saturated heterocycles. The zero-order chi connectivity index (χ0) is 8.65. The summed E-state index contributed by atoms with van der Waals surface area (Å²) in [7, 11) is 1.96. The third-order valence-electron chi connectivity index (χ3n) is 2.79. The summed E-state index contributed by atoms with van der Waals surface area (Å²) in [6.45, 7) is 7.91. The van der Waals surface area contributed by atoms with Gasteiger partial charge in [0.1, 0.15) is 0 Å². The maximum atomic E-state index is 9.94. The largest absolute Gasteiger partial charge is 0.363 e. The van der Waals surface area contributed by atoms with Gasteiger partial charge in [-0.2, -0.15) is 0 Å². The van der Waals surface area contributed by atoms with Gasteiger partial charge in [0.15, 0.2) is 5.85 Å². The minimum atomic E-state index is -0.742. The molecular weight excluding hydrogens is 140 g/mol. The van der Waals surface area contributed by atoms with E-state index in [1.54, 1.807) is 0 Å². The molecule has 1 fully saturated rings. The van der Waals surface area contributed by atoms with Gasteiger partial charge in [0.05, 0.1) is 0 Å². The predicted molar refractivity (Wildman–Crippen MR) is 45.1 cm³/mol. The predicted octanol–water partition coefficient (Wildman–Crippen LogP) is 0.308. The molecule has 1 heterocycles. The molecule has 11 heavy (non-hydrogen) atoms. The van der Waals surface area contributed by atoms with Crippen LogP contribution in [0, 0.1) is 0 Å². The minimum Gasteiger partial charge on any atom is -0.363 e. The molecule has 3 heteroatoms. The molecule has 0 aromatic heterocycles. The van der Waals surface area contributed by atoms with Crippen molar-refractivity contribution in [1.82, 2.24) is 9.80 Å². The van der Waals surface area contributed by atoms with Gasteiger partial charge in [0.25, 0.3) is 0 Å². The van der Waals surface area contributed by atoms with Gasteiger partial charge in [0, 0.05) is 12.6 Å². The van der Waals surface area contributed by atoms with Crippen molar-refractivity contribution >= 4 is 0 Å². The molecule has 0 bridgehead atoms. The normalized spacial score (nSPS) is 41.7. The monoisotopic (exact) mass is 158 g/mol. The SMILES string of the molecule is CCN1CC(C)N(C)C1(C)O. The Morgan fingerprint density at radius 1 is 1.64 bits per heavy atom. The summed E-state index contributed by atoms with van der Waals surface area (Å²) in [5.41, 5.74) is 0. The first-order chi connectivity index (χ1) is 5.00. The first-order valence-corrected chi connectivity index (χ1v) is 4.20. The number of hydrogen-bond donors (Lipinski definition) is 1. The van der Waals surface area contributed by atoms with Crippen LogP contribution in [0.1, 0.15) is 20.8 Å². The lowest BCUT2D eigenvalue weighted by molar-refractivity contribution is -0.151. The van der Waals surface area contributed by atoms with Crippen LogP contribution in [0.2, 0.25) is 0 Å².